The smallest absolute Gasteiger partial charge is 0.316 e. The second kappa shape index (κ2) is 7.90. The highest BCUT2D eigenvalue weighted by Crippen LogP contribution is 2.22. The van der Waals surface area contributed by atoms with Gasteiger partial charge in [0.2, 0.25) is 5.16 Å². The van der Waals surface area contributed by atoms with E-state index >= 15 is 0 Å². The van der Waals surface area contributed by atoms with Gasteiger partial charge in [0, 0.05) is 5.02 Å². The molecule has 0 aliphatic rings. The lowest BCUT2D eigenvalue weighted by Crippen LogP contribution is -2.24. The first-order valence-electron chi connectivity index (χ1n) is 7.38. The summed E-state index contributed by atoms with van der Waals surface area (Å²) < 4.78 is 10.9. The molecule has 6 nitrogen and oxygen atoms in total. The zero-order valence-corrected chi connectivity index (χ0v) is 15.6. The molecule has 130 valence electrons. The highest BCUT2D eigenvalue weighted by Gasteiger charge is 2.17. The largest absolute Gasteiger partial charge is 0.486 e. The van der Waals surface area contributed by atoms with Gasteiger partial charge in [0.05, 0.1) is 5.75 Å². The van der Waals surface area contributed by atoms with Crippen molar-refractivity contribution in [1.82, 2.24) is 15.2 Å². The van der Waals surface area contributed by atoms with Gasteiger partial charge in [-0.3, -0.25) is 9.89 Å². The third-order valence-corrected chi connectivity index (χ3v) is 4.00. The van der Waals surface area contributed by atoms with Crippen LogP contribution in [0.4, 0.5) is 0 Å². The molecule has 0 fully saturated rings. The number of halogens is 1. The topological polar surface area (TPSA) is 77.1 Å². The van der Waals surface area contributed by atoms with Gasteiger partial charge in [0.25, 0.3) is 0 Å². The Hall–Kier alpha value is -1.73. The number of hydrogen-bond donors (Lipinski definition) is 1. The normalized spacial score (nSPS) is 11.4. The third kappa shape index (κ3) is 6.05. The van der Waals surface area contributed by atoms with E-state index in [1.165, 1.54) is 11.8 Å². The number of esters is 1. The number of ether oxygens (including phenoxy) is 2. The number of hydrogen-bond acceptors (Lipinski definition) is 6. The quantitative estimate of drug-likeness (QED) is 0.616. The number of benzene rings is 1. The second-order valence-electron chi connectivity index (χ2n) is 6.14. The lowest BCUT2D eigenvalue weighted by molar-refractivity contribution is -0.151. The first-order chi connectivity index (χ1) is 11.2. The third-order valence-electron chi connectivity index (χ3n) is 2.76. The zero-order valence-electron chi connectivity index (χ0n) is 14.1. The molecule has 1 N–H and O–H groups in total. The summed E-state index contributed by atoms with van der Waals surface area (Å²) in [5, 5.41) is 8.01. The van der Waals surface area contributed by atoms with Crippen LogP contribution in [-0.2, 0) is 16.1 Å². The highest BCUT2D eigenvalue weighted by molar-refractivity contribution is 7.99. The van der Waals surface area contributed by atoms with Crippen molar-refractivity contribution < 1.29 is 14.3 Å². The van der Waals surface area contributed by atoms with Crippen LogP contribution in [0, 0.1) is 6.92 Å². The van der Waals surface area contributed by atoms with E-state index in [1.807, 2.05) is 33.8 Å². The first-order valence-corrected chi connectivity index (χ1v) is 8.74. The Morgan fingerprint density at radius 2 is 2.12 bits per heavy atom. The Kier molecular flexibility index (Phi) is 6.12. The molecule has 0 bridgehead atoms. The Balaban J connectivity index is 1.82. The summed E-state index contributed by atoms with van der Waals surface area (Å²) in [7, 11) is 0. The maximum absolute atomic E-state index is 11.7. The minimum absolute atomic E-state index is 0.159. The summed E-state index contributed by atoms with van der Waals surface area (Å²) >= 11 is 7.19. The van der Waals surface area contributed by atoms with E-state index in [0.717, 1.165) is 5.56 Å². The number of thioether (sulfide) groups is 1. The maximum atomic E-state index is 11.7. The van der Waals surface area contributed by atoms with Gasteiger partial charge < -0.3 is 9.47 Å². The molecule has 1 aromatic carbocycles. The fraction of sp³-hybridized carbons (Fsp3) is 0.438. The van der Waals surface area contributed by atoms with Crippen LogP contribution in [0.3, 0.4) is 0 Å². The standard InChI is InChI=1S/C16H20ClN3O3S/c1-10-7-11(5-6-12(10)17)22-8-13-18-15(20-19-13)24-9-14(21)23-16(2,3)4/h5-7H,8-9H2,1-4H3,(H,18,19,20). The van der Waals surface area contributed by atoms with Crippen molar-refractivity contribution in [2.24, 2.45) is 0 Å². The van der Waals surface area contributed by atoms with Crippen LogP contribution in [-0.4, -0.2) is 32.5 Å². The number of H-pyrrole nitrogens is 1. The minimum atomic E-state index is -0.494. The van der Waals surface area contributed by atoms with Gasteiger partial charge in [-0.05, 0) is 51.5 Å². The highest BCUT2D eigenvalue weighted by atomic mass is 35.5. The van der Waals surface area contributed by atoms with Crippen LogP contribution in [0.15, 0.2) is 23.4 Å². The molecule has 0 spiro atoms. The van der Waals surface area contributed by atoms with Crippen molar-refractivity contribution in [3.8, 4) is 5.75 Å². The molecule has 2 aromatic rings. The van der Waals surface area contributed by atoms with Gasteiger partial charge in [-0.1, -0.05) is 23.4 Å². The molecule has 8 heteroatoms. The van der Waals surface area contributed by atoms with E-state index in [-0.39, 0.29) is 18.3 Å². The van der Waals surface area contributed by atoms with E-state index in [0.29, 0.717) is 21.8 Å². The number of rotatable bonds is 6. The molecule has 0 aliphatic heterocycles. The van der Waals surface area contributed by atoms with Crippen LogP contribution in [0.2, 0.25) is 5.02 Å². The number of aromatic amines is 1. The average Bonchev–Trinajstić information content (AvgIpc) is 2.93. The molecule has 2 rings (SSSR count). The van der Waals surface area contributed by atoms with Gasteiger partial charge >= 0.3 is 5.97 Å². The number of aromatic nitrogens is 3. The molecule has 0 saturated carbocycles. The van der Waals surface area contributed by atoms with Gasteiger partial charge in [0.1, 0.15) is 18.0 Å². The second-order valence-corrected chi connectivity index (χ2v) is 7.49. The number of aryl methyl sites for hydroxylation is 1. The van der Waals surface area contributed by atoms with Crippen molar-refractivity contribution >= 4 is 29.3 Å². The van der Waals surface area contributed by atoms with E-state index in [4.69, 9.17) is 21.1 Å². The number of carbonyl (C=O) groups is 1. The summed E-state index contributed by atoms with van der Waals surface area (Å²) in [6.45, 7) is 7.65. The van der Waals surface area contributed by atoms with Crippen molar-refractivity contribution in [3.63, 3.8) is 0 Å². The summed E-state index contributed by atoms with van der Waals surface area (Å²) in [6, 6.07) is 5.44. The van der Waals surface area contributed by atoms with Gasteiger partial charge in [-0.2, -0.15) is 0 Å². The lowest BCUT2D eigenvalue weighted by Gasteiger charge is -2.18. The Labute approximate surface area is 150 Å². The van der Waals surface area contributed by atoms with Crippen molar-refractivity contribution in [2.75, 3.05) is 5.75 Å². The zero-order chi connectivity index (χ0) is 17.7. The van der Waals surface area contributed by atoms with Crippen LogP contribution in [0.1, 0.15) is 32.2 Å². The maximum Gasteiger partial charge on any atom is 0.316 e. The molecular formula is C16H20ClN3O3S. The molecule has 0 radical (unpaired) electrons. The summed E-state index contributed by atoms with van der Waals surface area (Å²) in [5.74, 6) is 1.14. The molecule has 1 heterocycles. The van der Waals surface area contributed by atoms with E-state index in [9.17, 15) is 4.79 Å². The predicted octanol–water partition coefficient (Wildman–Crippen LogP) is 3.78. The van der Waals surface area contributed by atoms with Crippen LogP contribution in [0.25, 0.3) is 0 Å². The van der Waals surface area contributed by atoms with Gasteiger partial charge in [-0.15, -0.1) is 5.10 Å². The SMILES string of the molecule is Cc1cc(OCc2nc(SCC(=O)OC(C)(C)C)n[nH]2)ccc1Cl. The fourth-order valence-corrected chi connectivity index (χ4v) is 2.47. The summed E-state index contributed by atoms with van der Waals surface area (Å²) in [5.41, 5.74) is 0.451. The molecule has 1 aromatic heterocycles. The first kappa shape index (κ1) is 18.6. The van der Waals surface area contributed by atoms with E-state index in [2.05, 4.69) is 15.2 Å². The molecule has 0 amide bonds. The van der Waals surface area contributed by atoms with E-state index < -0.39 is 5.60 Å². The van der Waals surface area contributed by atoms with Gasteiger partial charge in [0.15, 0.2) is 5.82 Å². The molecular weight excluding hydrogens is 350 g/mol. The number of nitrogens with one attached hydrogen (secondary N) is 1. The summed E-state index contributed by atoms with van der Waals surface area (Å²) in [6.07, 6.45) is 0. The Morgan fingerprint density at radius 3 is 2.79 bits per heavy atom. The van der Waals surface area contributed by atoms with Crippen molar-refractivity contribution in [2.45, 2.75) is 45.1 Å². The molecule has 0 atom stereocenters. The lowest BCUT2D eigenvalue weighted by atomic mass is 10.2. The monoisotopic (exact) mass is 369 g/mol. The Morgan fingerprint density at radius 1 is 1.38 bits per heavy atom. The average molecular weight is 370 g/mol. The van der Waals surface area contributed by atoms with Crippen LogP contribution >= 0.6 is 23.4 Å². The Bertz CT molecular complexity index is 713. The van der Waals surface area contributed by atoms with Crippen LogP contribution < -0.4 is 4.74 Å². The number of carbonyl (C=O) groups excluding carboxylic acids is 1. The molecule has 0 saturated heterocycles. The van der Waals surface area contributed by atoms with Gasteiger partial charge in [-0.25, -0.2) is 4.98 Å². The van der Waals surface area contributed by atoms with Crippen LogP contribution in [0.5, 0.6) is 5.75 Å². The fourth-order valence-electron chi connectivity index (χ4n) is 1.76. The molecule has 24 heavy (non-hydrogen) atoms. The van der Waals surface area contributed by atoms with E-state index in [1.54, 1.807) is 12.1 Å². The van der Waals surface area contributed by atoms with Crippen molar-refractivity contribution in [3.05, 3.63) is 34.6 Å². The minimum Gasteiger partial charge on any atom is -0.486 e. The predicted molar refractivity (Wildman–Crippen MR) is 93.5 cm³/mol. The summed E-state index contributed by atoms with van der Waals surface area (Å²) in [4.78, 5) is 15.9. The molecule has 0 unspecified atom stereocenters. The number of nitrogens with zero attached hydrogens (tertiary/aromatic N) is 2. The molecule has 0 aliphatic carbocycles. The van der Waals surface area contributed by atoms with Crippen molar-refractivity contribution in [1.29, 1.82) is 0 Å².